The van der Waals surface area contributed by atoms with Gasteiger partial charge in [-0.2, -0.15) is 5.26 Å². The van der Waals surface area contributed by atoms with E-state index >= 15 is 0 Å². The molecule has 98 valence electrons. The van der Waals surface area contributed by atoms with Gasteiger partial charge in [0.25, 0.3) is 0 Å². The van der Waals surface area contributed by atoms with Gasteiger partial charge in [0.15, 0.2) is 11.6 Å². The lowest BCUT2D eigenvalue weighted by Crippen LogP contribution is -1.89. The van der Waals surface area contributed by atoms with Crippen molar-refractivity contribution in [3.63, 3.8) is 0 Å². The first-order valence-electron chi connectivity index (χ1n) is 6.09. The Bertz CT molecular complexity index is 830. The maximum Gasteiger partial charge on any atom is 0.165 e. The number of nitrogens with one attached hydrogen (secondary N) is 1. The molecule has 0 unspecified atom stereocenters. The predicted molar refractivity (Wildman–Crippen MR) is 75.0 cm³/mol. The first kappa shape index (κ1) is 12.2. The zero-order valence-electron chi connectivity index (χ0n) is 10.8. The molecule has 1 aromatic heterocycles. The molecule has 0 saturated carbocycles. The lowest BCUT2D eigenvalue weighted by Gasteiger charge is -2.04. The van der Waals surface area contributed by atoms with Crippen molar-refractivity contribution in [2.24, 2.45) is 0 Å². The van der Waals surface area contributed by atoms with Gasteiger partial charge in [-0.1, -0.05) is 18.2 Å². The molecule has 0 atom stereocenters. The van der Waals surface area contributed by atoms with Crippen LogP contribution in [0.4, 0.5) is 4.39 Å². The fourth-order valence-electron chi connectivity index (χ4n) is 2.30. The molecule has 4 heteroatoms. The molecule has 0 bridgehead atoms. The summed E-state index contributed by atoms with van der Waals surface area (Å²) in [5.74, 6) is -0.268. The summed E-state index contributed by atoms with van der Waals surface area (Å²) in [6.45, 7) is 0. The normalized spacial score (nSPS) is 10.4. The second kappa shape index (κ2) is 4.71. The molecule has 0 aliphatic heterocycles. The fourth-order valence-corrected chi connectivity index (χ4v) is 2.30. The Labute approximate surface area is 115 Å². The number of hydrogen-bond acceptors (Lipinski definition) is 2. The quantitative estimate of drug-likeness (QED) is 0.765. The molecule has 0 radical (unpaired) electrons. The fraction of sp³-hybridized carbons (Fsp3) is 0.0625. The van der Waals surface area contributed by atoms with Crippen LogP contribution in [0.15, 0.2) is 42.5 Å². The highest BCUT2D eigenvalue weighted by molar-refractivity contribution is 5.93. The Morgan fingerprint density at radius 3 is 2.70 bits per heavy atom. The SMILES string of the molecule is COc1ccc(-c2[nH]c3ccccc3c2C#N)cc1F. The highest BCUT2D eigenvalue weighted by Gasteiger charge is 2.14. The van der Waals surface area contributed by atoms with Crippen LogP contribution in [0.25, 0.3) is 22.2 Å². The number of hydrogen-bond donors (Lipinski definition) is 1. The van der Waals surface area contributed by atoms with Crippen LogP contribution < -0.4 is 4.74 Å². The van der Waals surface area contributed by atoms with Gasteiger partial charge in [-0.15, -0.1) is 0 Å². The zero-order valence-corrected chi connectivity index (χ0v) is 10.8. The van der Waals surface area contributed by atoms with Crippen molar-refractivity contribution in [2.75, 3.05) is 7.11 Å². The molecule has 3 aromatic rings. The Kier molecular flexibility index (Phi) is 2.88. The number of aromatic nitrogens is 1. The molecule has 3 rings (SSSR count). The van der Waals surface area contributed by atoms with Gasteiger partial charge in [0, 0.05) is 16.5 Å². The third kappa shape index (κ3) is 1.81. The molecule has 0 fully saturated rings. The van der Waals surface area contributed by atoms with Crippen LogP contribution in [0.5, 0.6) is 5.75 Å². The topological polar surface area (TPSA) is 48.8 Å². The number of aromatic amines is 1. The Morgan fingerprint density at radius 2 is 2.00 bits per heavy atom. The van der Waals surface area contributed by atoms with E-state index in [-0.39, 0.29) is 5.75 Å². The van der Waals surface area contributed by atoms with Crippen LogP contribution in [0, 0.1) is 17.1 Å². The second-order valence-corrected chi connectivity index (χ2v) is 4.38. The average molecular weight is 266 g/mol. The van der Waals surface area contributed by atoms with Crippen LogP contribution >= 0.6 is 0 Å². The molecular weight excluding hydrogens is 255 g/mol. The number of fused-ring (bicyclic) bond motifs is 1. The summed E-state index contributed by atoms with van der Waals surface area (Å²) in [5.41, 5.74) is 2.62. The van der Waals surface area contributed by atoms with Crippen molar-refractivity contribution < 1.29 is 9.13 Å². The Balaban J connectivity index is 2.24. The summed E-state index contributed by atoms with van der Waals surface area (Å²) in [6, 6.07) is 14.3. The monoisotopic (exact) mass is 266 g/mol. The highest BCUT2D eigenvalue weighted by atomic mass is 19.1. The molecule has 0 amide bonds. The third-order valence-corrected chi connectivity index (χ3v) is 3.26. The summed E-state index contributed by atoms with van der Waals surface area (Å²) >= 11 is 0. The van der Waals surface area contributed by atoms with Gasteiger partial charge in [-0.25, -0.2) is 4.39 Å². The van der Waals surface area contributed by atoms with E-state index in [1.54, 1.807) is 12.1 Å². The van der Waals surface area contributed by atoms with E-state index in [1.165, 1.54) is 13.2 Å². The van der Waals surface area contributed by atoms with Crippen molar-refractivity contribution in [1.82, 2.24) is 4.98 Å². The van der Waals surface area contributed by atoms with Crippen molar-refractivity contribution in [3.8, 4) is 23.1 Å². The smallest absolute Gasteiger partial charge is 0.165 e. The van der Waals surface area contributed by atoms with Crippen molar-refractivity contribution >= 4 is 10.9 Å². The van der Waals surface area contributed by atoms with Crippen LogP contribution in [0.3, 0.4) is 0 Å². The van der Waals surface area contributed by atoms with Crippen molar-refractivity contribution in [3.05, 3.63) is 53.8 Å². The summed E-state index contributed by atoms with van der Waals surface area (Å²) in [5, 5.41) is 10.2. The van der Waals surface area contributed by atoms with Gasteiger partial charge < -0.3 is 9.72 Å². The van der Waals surface area contributed by atoms with Crippen molar-refractivity contribution in [1.29, 1.82) is 5.26 Å². The number of methoxy groups -OCH3 is 1. The van der Waals surface area contributed by atoms with Crippen LogP contribution in [-0.4, -0.2) is 12.1 Å². The molecule has 0 aliphatic carbocycles. The zero-order chi connectivity index (χ0) is 14.1. The number of halogens is 1. The van der Waals surface area contributed by atoms with E-state index < -0.39 is 5.82 Å². The lowest BCUT2D eigenvalue weighted by molar-refractivity contribution is 0.386. The maximum absolute atomic E-state index is 13.8. The van der Waals surface area contributed by atoms with Gasteiger partial charge >= 0.3 is 0 Å². The van der Waals surface area contributed by atoms with Gasteiger partial charge in [-0.05, 0) is 24.3 Å². The Hall–Kier alpha value is -2.80. The molecular formula is C16H11FN2O. The van der Waals surface area contributed by atoms with Gasteiger partial charge in [-0.3, -0.25) is 0 Å². The van der Waals surface area contributed by atoms with E-state index in [0.29, 0.717) is 16.8 Å². The molecule has 2 aromatic carbocycles. The lowest BCUT2D eigenvalue weighted by atomic mass is 10.1. The Morgan fingerprint density at radius 1 is 1.20 bits per heavy atom. The minimum Gasteiger partial charge on any atom is -0.494 e. The summed E-state index contributed by atoms with van der Waals surface area (Å²) < 4.78 is 18.7. The molecule has 0 saturated heterocycles. The minimum atomic E-state index is -0.451. The summed E-state index contributed by atoms with van der Waals surface area (Å²) in [4.78, 5) is 3.17. The number of para-hydroxylation sites is 1. The van der Waals surface area contributed by atoms with Gasteiger partial charge in [0.1, 0.15) is 6.07 Å². The average Bonchev–Trinajstić information content (AvgIpc) is 2.85. The van der Waals surface area contributed by atoms with E-state index in [9.17, 15) is 9.65 Å². The molecule has 1 N–H and O–H groups in total. The van der Waals surface area contributed by atoms with Gasteiger partial charge in [0.05, 0.1) is 18.4 Å². The van der Waals surface area contributed by atoms with E-state index in [2.05, 4.69) is 11.1 Å². The number of rotatable bonds is 2. The standard InChI is InChI=1S/C16H11FN2O/c1-20-15-7-6-10(8-13(15)17)16-12(9-18)11-4-2-3-5-14(11)19-16/h2-8,19H,1H3. The number of ether oxygens (including phenoxy) is 1. The maximum atomic E-state index is 13.8. The predicted octanol–water partition coefficient (Wildman–Crippen LogP) is 3.85. The summed E-state index contributed by atoms with van der Waals surface area (Å²) in [7, 11) is 1.42. The number of nitriles is 1. The highest BCUT2D eigenvalue weighted by Crippen LogP contribution is 2.31. The van der Waals surface area contributed by atoms with E-state index in [4.69, 9.17) is 4.74 Å². The summed E-state index contributed by atoms with van der Waals surface area (Å²) in [6.07, 6.45) is 0. The minimum absolute atomic E-state index is 0.184. The number of nitrogens with zero attached hydrogens (tertiary/aromatic N) is 1. The molecule has 0 spiro atoms. The largest absolute Gasteiger partial charge is 0.494 e. The van der Waals surface area contributed by atoms with Gasteiger partial charge in [0.2, 0.25) is 0 Å². The van der Waals surface area contributed by atoms with Crippen LogP contribution in [-0.2, 0) is 0 Å². The molecule has 1 heterocycles. The van der Waals surface area contributed by atoms with Crippen molar-refractivity contribution in [2.45, 2.75) is 0 Å². The van der Waals surface area contributed by atoms with Crippen LogP contribution in [0.2, 0.25) is 0 Å². The number of benzene rings is 2. The molecule has 20 heavy (non-hydrogen) atoms. The van der Waals surface area contributed by atoms with E-state index in [1.807, 2.05) is 24.3 Å². The van der Waals surface area contributed by atoms with Crippen LogP contribution in [0.1, 0.15) is 5.56 Å². The number of H-pyrrole nitrogens is 1. The molecule has 0 aliphatic rings. The first-order chi connectivity index (χ1) is 9.74. The second-order valence-electron chi connectivity index (χ2n) is 4.38. The first-order valence-corrected chi connectivity index (χ1v) is 6.09. The van der Waals surface area contributed by atoms with E-state index in [0.717, 1.165) is 10.9 Å². The third-order valence-electron chi connectivity index (χ3n) is 3.26. The molecule has 3 nitrogen and oxygen atoms in total.